The monoisotopic (exact) mass is 309 g/mol. The summed E-state index contributed by atoms with van der Waals surface area (Å²) in [7, 11) is -3.32. The molecule has 0 radical (unpaired) electrons. The zero-order chi connectivity index (χ0) is 15.5. The molecule has 2 N–H and O–H groups in total. The number of hydrogen-bond donors (Lipinski definition) is 1. The normalized spacial score (nSPS) is 11.4. The summed E-state index contributed by atoms with van der Waals surface area (Å²) in [6.45, 7) is 0.292. The third-order valence-electron chi connectivity index (χ3n) is 2.93. The van der Waals surface area contributed by atoms with Gasteiger partial charge in [-0.15, -0.1) is 0 Å². The van der Waals surface area contributed by atoms with Gasteiger partial charge in [-0.05, 0) is 43.3 Å². The van der Waals surface area contributed by atoms with Crippen LogP contribution in [0.1, 0.15) is 5.56 Å². The van der Waals surface area contributed by atoms with Gasteiger partial charge in [0.05, 0.1) is 4.90 Å². The molecule has 2 aromatic carbocycles. The molecule has 21 heavy (non-hydrogen) atoms. The van der Waals surface area contributed by atoms with Crippen LogP contribution in [0, 0.1) is 5.82 Å². The third-order valence-corrected chi connectivity index (χ3v) is 4.04. The Morgan fingerprint density at radius 3 is 2.57 bits per heavy atom. The van der Waals surface area contributed by atoms with Gasteiger partial charge in [-0.2, -0.15) is 0 Å². The molecule has 6 heteroatoms. The largest absolute Gasteiger partial charge is 0.457 e. The molecular formula is C15H16FNO3S. The van der Waals surface area contributed by atoms with Crippen molar-refractivity contribution in [2.45, 2.75) is 11.3 Å². The van der Waals surface area contributed by atoms with Crippen LogP contribution in [0.15, 0.2) is 47.4 Å². The van der Waals surface area contributed by atoms with E-state index in [1.807, 2.05) is 0 Å². The zero-order valence-electron chi connectivity index (χ0n) is 11.5. The number of benzene rings is 2. The van der Waals surface area contributed by atoms with Gasteiger partial charge in [-0.1, -0.05) is 12.1 Å². The molecule has 0 aliphatic heterocycles. The molecule has 0 spiro atoms. The summed E-state index contributed by atoms with van der Waals surface area (Å²) in [5.41, 5.74) is 5.85. The molecule has 0 atom stereocenters. The van der Waals surface area contributed by atoms with Gasteiger partial charge in [0.25, 0.3) is 0 Å². The van der Waals surface area contributed by atoms with Gasteiger partial charge in [0.15, 0.2) is 9.84 Å². The van der Waals surface area contributed by atoms with Gasteiger partial charge in [0, 0.05) is 11.8 Å². The van der Waals surface area contributed by atoms with E-state index in [1.165, 1.54) is 24.3 Å². The van der Waals surface area contributed by atoms with Crippen LogP contribution in [0.4, 0.5) is 4.39 Å². The maximum Gasteiger partial charge on any atom is 0.175 e. The summed E-state index contributed by atoms with van der Waals surface area (Å²) in [6.07, 6.45) is 1.46. The second-order valence-corrected chi connectivity index (χ2v) is 6.62. The lowest BCUT2D eigenvalue weighted by Crippen LogP contribution is -2.06. The number of sulfone groups is 1. The standard InChI is InChI=1S/C15H16FNO3S/c1-21(18,19)12-5-2-4-11(10-12)20-15-7-3-6-14(16)13(15)8-9-17/h2-7,10H,8-9,17H2,1H3. The Balaban J connectivity index is 2.37. The summed E-state index contributed by atoms with van der Waals surface area (Å²) in [4.78, 5) is 0.150. The van der Waals surface area contributed by atoms with Crippen molar-refractivity contribution in [1.82, 2.24) is 0 Å². The van der Waals surface area contributed by atoms with E-state index in [9.17, 15) is 12.8 Å². The molecule has 2 aromatic rings. The van der Waals surface area contributed by atoms with E-state index in [0.717, 1.165) is 6.26 Å². The third kappa shape index (κ3) is 3.80. The molecule has 4 nitrogen and oxygen atoms in total. The van der Waals surface area contributed by atoms with Crippen LogP contribution in [0.2, 0.25) is 0 Å². The van der Waals surface area contributed by atoms with E-state index in [4.69, 9.17) is 10.5 Å². The highest BCUT2D eigenvalue weighted by molar-refractivity contribution is 7.90. The van der Waals surface area contributed by atoms with Crippen LogP contribution in [-0.4, -0.2) is 21.2 Å². The molecule has 0 aliphatic rings. The lowest BCUT2D eigenvalue weighted by atomic mass is 10.1. The molecule has 0 saturated carbocycles. The van der Waals surface area contributed by atoms with Crippen molar-refractivity contribution in [2.75, 3.05) is 12.8 Å². The summed E-state index contributed by atoms with van der Waals surface area (Å²) < 4.78 is 42.5. The first-order valence-electron chi connectivity index (χ1n) is 6.37. The average molecular weight is 309 g/mol. The Morgan fingerprint density at radius 2 is 1.90 bits per heavy atom. The summed E-state index contributed by atoms with van der Waals surface area (Å²) in [5.74, 6) is 0.283. The average Bonchev–Trinajstić information content (AvgIpc) is 2.42. The second kappa shape index (κ2) is 6.24. The predicted molar refractivity (Wildman–Crippen MR) is 78.8 cm³/mol. The van der Waals surface area contributed by atoms with Gasteiger partial charge in [0.1, 0.15) is 17.3 Å². The zero-order valence-corrected chi connectivity index (χ0v) is 12.4. The molecule has 0 bridgehead atoms. The van der Waals surface area contributed by atoms with Crippen molar-refractivity contribution in [1.29, 1.82) is 0 Å². The van der Waals surface area contributed by atoms with Crippen molar-refractivity contribution in [2.24, 2.45) is 5.73 Å². The molecular weight excluding hydrogens is 293 g/mol. The van der Waals surface area contributed by atoms with E-state index in [2.05, 4.69) is 0 Å². The van der Waals surface area contributed by atoms with E-state index >= 15 is 0 Å². The Bertz CT molecular complexity index is 744. The van der Waals surface area contributed by atoms with Gasteiger partial charge in [0.2, 0.25) is 0 Å². The van der Waals surface area contributed by atoms with E-state index < -0.39 is 15.7 Å². The highest BCUT2D eigenvalue weighted by Crippen LogP contribution is 2.28. The highest BCUT2D eigenvalue weighted by Gasteiger charge is 2.12. The molecule has 0 unspecified atom stereocenters. The van der Waals surface area contributed by atoms with Gasteiger partial charge < -0.3 is 10.5 Å². The minimum Gasteiger partial charge on any atom is -0.457 e. The van der Waals surface area contributed by atoms with Crippen LogP contribution in [0.5, 0.6) is 11.5 Å². The molecule has 0 aliphatic carbocycles. The Labute approximate surface area is 123 Å². The summed E-state index contributed by atoms with van der Waals surface area (Å²) in [5, 5.41) is 0. The van der Waals surface area contributed by atoms with Crippen molar-refractivity contribution < 1.29 is 17.5 Å². The van der Waals surface area contributed by atoms with Crippen LogP contribution in [0.3, 0.4) is 0 Å². The number of ether oxygens (including phenoxy) is 1. The lowest BCUT2D eigenvalue weighted by Gasteiger charge is -2.12. The number of halogens is 1. The minimum atomic E-state index is -3.32. The maximum absolute atomic E-state index is 13.8. The van der Waals surface area contributed by atoms with Crippen LogP contribution < -0.4 is 10.5 Å². The molecule has 0 heterocycles. The van der Waals surface area contributed by atoms with E-state index in [0.29, 0.717) is 30.0 Å². The first-order chi connectivity index (χ1) is 9.91. The quantitative estimate of drug-likeness (QED) is 0.921. The first kappa shape index (κ1) is 15.5. The second-order valence-electron chi connectivity index (χ2n) is 4.60. The SMILES string of the molecule is CS(=O)(=O)c1cccc(Oc2cccc(F)c2CCN)c1. The Kier molecular flexibility index (Phi) is 4.59. The molecule has 112 valence electrons. The van der Waals surface area contributed by atoms with Crippen LogP contribution in [-0.2, 0) is 16.3 Å². The molecule has 0 aromatic heterocycles. The van der Waals surface area contributed by atoms with Crippen molar-refractivity contribution in [3.63, 3.8) is 0 Å². The first-order valence-corrected chi connectivity index (χ1v) is 8.26. The van der Waals surface area contributed by atoms with Gasteiger partial charge in [-0.25, -0.2) is 12.8 Å². The number of nitrogens with two attached hydrogens (primary N) is 1. The molecule has 0 saturated heterocycles. The van der Waals surface area contributed by atoms with E-state index in [1.54, 1.807) is 18.2 Å². The fourth-order valence-corrected chi connectivity index (χ4v) is 2.57. The van der Waals surface area contributed by atoms with Crippen molar-refractivity contribution in [3.05, 3.63) is 53.8 Å². The topological polar surface area (TPSA) is 69.4 Å². The molecule has 0 fully saturated rings. The smallest absolute Gasteiger partial charge is 0.175 e. The highest BCUT2D eigenvalue weighted by atomic mass is 32.2. The Hall–Kier alpha value is -1.92. The number of hydrogen-bond acceptors (Lipinski definition) is 4. The predicted octanol–water partition coefficient (Wildman–Crippen LogP) is 2.52. The van der Waals surface area contributed by atoms with E-state index in [-0.39, 0.29) is 4.90 Å². The fourth-order valence-electron chi connectivity index (χ4n) is 1.92. The molecule has 2 rings (SSSR count). The minimum absolute atomic E-state index is 0.150. The lowest BCUT2D eigenvalue weighted by molar-refractivity contribution is 0.465. The molecule has 0 amide bonds. The maximum atomic E-state index is 13.8. The van der Waals surface area contributed by atoms with Gasteiger partial charge >= 0.3 is 0 Å². The summed E-state index contributed by atoms with van der Waals surface area (Å²) >= 11 is 0. The summed E-state index contributed by atoms with van der Waals surface area (Å²) in [6, 6.07) is 10.6. The van der Waals surface area contributed by atoms with Crippen molar-refractivity contribution in [3.8, 4) is 11.5 Å². The fraction of sp³-hybridized carbons (Fsp3) is 0.200. The Morgan fingerprint density at radius 1 is 1.19 bits per heavy atom. The van der Waals surface area contributed by atoms with Crippen LogP contribution in [0.25, 0.3) is 0 Å². The number of rotatable bonds is 5. The van der Waals surface area contributed by atoms with Crippen molar-refractivity contribution >= 4 is 9.84 Å². The van der Waals surface area contributed by atoms with Gasteiger partial charge in [-0.3, -0.25) is 0 Å². The van der Waals surface area contributed by atoms with Crippen LogP contribution >= 0.6 is 0 Å².